The van der Waals surface area contributed by atoms with Crippen molar-refractivity contribution >= 4 is 39.8 Å². The third kappa shape index (κ3) is 1.88. The maximum atomic E-state index is 11.4. The number of carbonyl (C=O) groups excluding carboxylic acids is 1. The number of carbonyl (C=O) groups is 1. The Bertz CT molecular complexity index is 323. The van der Waals surface area contributed by atoms with Crippen molar-refractivity contribution in [3.05, 3.63) is 21.9 Å². The standard InChI is InChI=1S/C9H10INOS/c10-5-9(12)11-3-1-7-2-4-13-8(7)6-11/h2,4H,1,3,5-6H2. The van der Waals surface area contributed by atoms with E-state index in [0.29, 0.717) is 4.43 Å². The average molecular weight is 307 g/mol. The SMILES string of the molecule is O=C(CI)N1CCc2ccsc2C1. The van der Waals surface area contributed by atoms with E-state index in [0.717, 1.165) is 19.5 Å². The molecule has 0 fully saturated rings. The van der Waals surface area contributed by atoms with Gasteiger partial charge in [0.25, 0.3) is 0 Å². The van der Waals surface area contributed by atoms with Gasteiger partial charge in [-0.05, 0) is 23.4 Å². The highest BCUT2D eigenvalue weighted by Crippen LogP contribution is 2.24. The van der Waals surface area contributed by atoms with Crippen molar-refractivity contribution in [1.29, 1.82) is 0 Å². The first kappa shape index (κ1) is 9.45. The first-order chi connectivity index (χ1) is 6.31. The van der Waals surface area contributed by atoms with Crippen LogP contribution in [0.5, 0.6) is 0 Å². The summed E-state index contributed by atoms with van der Waals surface area (Å²) in [6.07, 6.45) is 1.03. The molecule has 0 aliphatic carbocycles. The molecule has 0 spiro atoms. The summed E-state index contributed by atoms with van der Waals surface area (Å²) < 4.78 is 0.596. The molecule has 1 amide bonds. The van der Waals surface area contributed by atoms with Crippen molar-refractivity contribution < 1.29 is 4.79 Å². The molecule has 0 radical (unpaired) electrons. The van der Waals surface area contributed by atoms with Crippen molar-refractivity contribution in [2.75, 3.05) is 11.0 Å². The molecule has 0 aromatic carbocycles. The number of rotatable bonds is 1. The normalized spacial score (nSPS) is 15.6. The maximum absolute atomic E-state index is 11.4. The Morgan fingerprint density at radius 2 is 2.54 bits per heavy atom. The number of amides is 1. The molecule has 1 aromatic rings. The highest BCUT2D eigenvalue weighted by Gasteiger charge is 2.20. The van der Waals surface area contributed by atoms with E-state index in [4.69, 9.17) is 0 Å². The summed E-state index contributed by atoms with van der Waals surface area (Å²) in [6, 6.07) is 2.17. The quantitative estimate of drug-likeness (QED) is 0.574. The second-order valence-corrected chi connectivity index (χ2v) is 4.83. The largest absolute Gasteiger partial charge is 0.337 e. The topological polar surface area (TPSA) is 20.3 Å². The summed E-state index contributed by atoms with van der Waals surface area (Å²) in [7, 11) is 0. The monoisotopic (exact) mass is 307 g/mol. The zero-order chi connectivity index (χ0) is 9.26. The second kappa shape index (κ2) is 3.96. The van der Waals surface area contributed by atoms with Gasteiger partial charge in [-0.1, -0.05) is 22.6 Å². The molecule has 2 nitrogen and oxygen atoms in total. The van der Waals surface area contributed by atoms with Crippen LogP contribution in [0.2, 0.25) is 0 Å². The summed E-state index contributed by atoms with van der Waals surface area (Å²) in [6.45, 7) is 1.72. The van der Waals surface area contributed by atoms with Crippen LogP contribution in [0.4, 0.5) is 0 Å². The highest BCUT2D eigenvalue weighted by molar-refractivity contribution is 14.1. The molecule has 13 heavy (non-hydrogen) atoms. The highest BCUT2D eigenvalue weighted by atomic mass is 127. The van der Waals surface area contributed by atoms with E-state index in [9.17, 15) is 4.79 Å². The van der Waals surface area contributed by atoms with Gasteiger partial charge < -0.3 is 4.90 Å². The second-order valence-electron chi connectivity index (χ2n) is 3.07. The maximum Gasteiger partial charge on any atom is 0.232 e. The molecular formula is C9H10INOS. The van der Waals surface area contributed by atoms with Crippen LogP contribution in [0.15, 0.2) is 11.4 Å². The number of halogens is 1. The van der Waals surface area contributed by atoms with Crippen LogP contribution in [-0.4, -0.2) is 21.8 Å². The summed E-state index contributed by atoms with van der Waals surface area (Å²) in [5, 5.41) is 2.11. The van der Waals surface area contributed by atoms with Crippen LogP contribution in [0.25, 0.3) is 0 Å². The van der Waals surface area contributed by atoms with Gasteiger partial charge in [0.05, 0.1) is 11.0 Å². The molecule has 2 heterocycles. The van der Waals surface area contributed by atoms with Crippen LogP contribution in [-0.2, 0) is 17.8 Å². The van der Waals surface area contributed by atoms with Gasteiger partial charge in [0.1, 0.15) is 0 Å². The molecule has 0 saturated carbocycles. The number of alkyl halides is 1. The molecule has 0 N–H and O–H groups in total. The predicted octanol–water partition coefficient (Wildman–Crippen LogP) is 2.07. The molecule has 1 aromatic heterocycles. The van der Waals surface area contributed by atoms with E-state index in [-0.39, 0.29) is 5.91 Å². The lowest BCUT2D eigenvalue weighted by atomic mass is 10.1. The van der Waals surface area contributed by atoms with Gasteiger partial charge in [-0.25, -0.2) is 0 Å². The fourth-order valence-electron chi connectivity index (χ4n) is 1.53. The van der Waals surface area contributed by atoms with Gasteiger partial charge in [-0.2, -0.15) is 0 Å². The molecule has 1 aliphatic rings. The van der Waals surface area contributed by atoms with Crippen LogP contribution in [0, 0.1) is 0 Å². The summed E-state index contributed by atoms with van der Waals surface area (Å²) >= 11 is 3.89. The van der Waals surface area contributed by atoms with E-state index in [1.807, 2.05) is 4.90 Å². The Hall–Kier alpha value is -0.100. The molecule has 4 heteroatoms. The van der Waals surface area contributed by atoms with Gasteiger partial charge in [-0.15, -0.1) is 11.3 Å². The van der Waals surface area contributed by atoms with Gasteiger partial charge in [0.2, 0.25) is 5.91 Å². The molecule has 1 aliphatic heterocycles. The van der Waals surface area contributed by atoms with Crippen molar-refractivity contribution in [2.45, 2.75) is 13.0 Å². The van der Waals surface area contributed by atoms with Crippen molar-refractivity contribution in [2.24, 2.45) is 0 Å². The molecule has 0 unspecified atom stereocenters. The number of fused-ring (bicyclic) bond motifs is 1. The van der Waals surface area contributed by atoms with Crippen molar-refractivity contribution in [3.63, 3.8) is 0 Å². The Labute approximate surface area is 95.1 Å². The third-order valence-corrected chi connectivity index (χ3v) is 3.89. The lowest BCUT2D eigenvalue weighted by molar-refractivity contribution is -0.128. The zero-order valence-electron chi connectivity index (χ0n) is 7.12. The van der Waals surface area contributed by atoms with E-state index in [1.54, 1.807) is 11.3 Å². The van der Waals surface area contributed by atoms with Crippen LogP contribution in [0.1, 0.15) is 10.4 Å². The number of hydrogen-bond donors (Lipinski definition) is 0. The van der Waals surface area contributed by atoms with Gasteiger partial charge in [-0.3, -0.25) is 4.79 Å². The Kier molecular flexibility index (Phi) is 2.88. The van der Waals surface area contributed by atoms with Crippen LogP contribution >= 0.6 is 33.9 Å². The minimum absolute atomic E-state index is 0.264. The summed E-state index contributed by atoms with van der Waals surface area (Å²) in [5.41, 5.74) is 1.43. The molecule has 70 valence electrons. The molecule has 2 rings (SSSR count). The first-order valence-corrected chi connectivity index (χ1v) is 6.61. The Morgan fingerprint density at radius 3 is 3.31 bits per heavy atom. The molecule has 0 saturated heterocycles. The fraction of sp³-hybridized carbons (Fsp3) is 0.444. The van der Waals surface area contributed by atoms with E-state index >= 15 is 0 Å². The average Bonchev–Trinajstić information content (AvgIpc) is 2.63. The predicted molar refractivity (Wildman–Crippen MR) is 62.3 cm³/mol. The lowest BCUT2D eigenvalue weighted by Gasteiger charge is -2.26. The lowest BCUT2D eigenvalue weighted by Crippen LogP contribution is -2.35. The zero-order valence-corrected chi connectivity index (χ0v) is 10.1. The Morgan fingerprint density at radius 1 is 1.69 bits per heavy atom. The van der Waals surface area contributed by atoms with Crippen LogP contribution < -0.4 is 0 Å². The Balaban J connectivity index is 2.13. The van der Waals surface area contributed by atoms with Crippen LogP contribution in [0.3, 0.4) is 0 Å². The summed E-state index contributed by atoms with van der Waals surface area (Å²) in [4.78, 5) is 14.7. The number of thiophene rings is 1. The molecule has 0 atom stereocenters. The third-order valence-electron chi connectivity index (χ3n) is 2.29. The molecular weight excluding hydrogens is 297 g/mol. The number of hydrogen-bond acceptors (Lipinski definition) is 2. The van der Waals surface area contributed by atoms with E-state index in [1.165, 1.54) is 10.4 Å². The van der Waals surface area contributed by atoms with Gasteiger partial charge >= 0.3 is 0 Å². The van der Waals surface area contributed by atoms with Gasteiger partial charge in [0.15, 0.2) is 0 Å². The fourth-order valence-corrected chi connectivity index (χ4v) is 2.96. The summed E-state index contributed by atoms with van der Waals surface area (Å²) in [5.74, 6) is 0.264. The molecule has 0 bridgehead atoms. The minimum atomic E-state index is 0.264. The number of nitrogens with zero attached hydrogens (tertiary/aromatic N) is 1. The van der Waals surface area contributed by atoms with Crippen molar-refractivity contribution in [3.8, 4) is 0 Å². The van der Waals surface area contributed by atoms with Gasteiger partial charge in [0, 0.05) is 11.4 Å². The van der Waals surface area contributed by atoms with E-state index < -0.39 is 0 Å². The smallest absolute Gasteiger partial charge is 0.232 e. The first-order valence-electron chi connectivity index (χ1n) is 4.20. The van der Waals surface area contributed by atoms with E-state index in [2.05, 4.69) is 34.0 Å². The van der Waals surface area contributed by atoms with Crippen molar-refractivity contribution in [1.82, 2.24) is 4.90 Å². The minimum Gasteiger partial charge on any atom is -0.337 e.